The van der Waals surface area contributed by atoms with E-state index in [1.165, 1.54) is 56.1 Å². The first-order valence-corrected chi connectivity index (χ1v) is 12.5. The van der Waals surface area contributed by atoms with E-state index < -0.39 is 0 Å². The number of aliphatic hydroxyl groups is 1. The third-order valence-corrected chi connectivity index (χ3v) is 9.13. The van der Waals surface area contributed by atoms with Crippen LogP contribution in [0.4, 0.5) is 0 Å². The number of allylic oxidation sites excluding steroid dienone is 4. The highest BCUT2D eigenvalue weighted by Gasteiger charge is 2.50. The lowest BCUT2D eigenvalue weighted by Crippen LogP contribution is -2.36. The third-order valence-electron chi connectivity index (χ3n) is 9.13. The minimum Gasteiger partial charge on any atom is -0.393 e. The van der Waals surface area contributed by atoms with Crippen molar-refractivity contribution in [3.63, 3.8) is 0 Å². The molecule has 3 aliphatic rings. The van der Waals surface area contributed by atoms with Crippen LogP contribution in [-0.4, -0.2) is 11.2 Å². The number of fused-ring (bicyclic) bond motifs is 1. The van der Waals surface area contributed by atoms with Gasteiger partial charge in [0, 0.05) is 0 Å². The molecule has 0 aliphatic heterocycles. The standard InChI is InChI=1S/C28H46O/c1-19(2)20(3)9-10-22(5)26-15-16-27-23(8-7-17-28(26,27)6)12-13-24-18-25(29)14-11-21(24)4/h12-13,19-20,22,25-27,29H,4,7-11,14-18H2,1-3,5-6H3/b23-12+,24-13-/t20-,22+,25-,26+,27-,28+/m1/s1. The highest BCUT2D eigenvalue weighted by molar-refractivity contribution is 5.36. The molecule has 0 bridgehead atoms. The molecule has 3 aliphatic carbocycles. The molecule has 3 fully saturated rings. The highest BCUT2D eigenvalue weighted by Crippen LogP contribution is 2.60. The van der Waals surface area contributed by atoms with Gasteiger partial charge in [0.05, 0.1) is 6.10 Å². The summed E-state index contributed by atoms with van der Waals surface area (Å²) in [6.45, 7) is 16.6. The zero-order valence-electron chi connectivity index (χ0n) is 19.8. The summed E-state index contributed by atoms with van der Waals surface area (Å²) in [5, 5.41) is 10.0. The number of hydrogen-bond acceptors (Lipinski definition) is 1. The first kappa shape index (κ1) is 22.9. The average molecular weight is 399 g/mol. The van der Waals surface area contributed by atoms with E-state index in [0.29, 0.717) is 5.41 Å². The van der Waals surface area contributed by atoms with Crippen molar-refractivity contribution in [2.45, 2.75) is 105 Å². The van der Waals surface area contributed by atoms with Gasteiger partial charge in [0.1, 0.15) is 0 Å². The predicted octanol–water partition coefficient (Wildman–Crippen LogP) is 7.87. The summed E-state index contributed by atoms with van der Waals surface area (Å²) in [5.74, 6) is 4.14. The molecule has 3 rings (SSSR count). The second kappa shape index (κ2) is 9.54. The number of hydrogen-bond donors (Lipinski definition) is 1. The Morgan fingerprint density at radius 3 is 2.55 bits per heavy atom. The minimum absolute atomic E-state index is 0.174. The Hall–Kier alpha value is -0.820. The highest BCUT2D eigenvalue weighted by atomic mass is 16.3. The summed E-state index contributed by atoms with van der Waals surface area (Å²) in [6, 6.07) is 0. The van der Waals surface area contributed by atoms with E-state index in [0.717, 1.165) is 48.9 Å². The molecule has 0 aromatic rings. The van der Waals surface area contributed by atoms with E-state index in [1.54, 1.807) is 5.57 Å². The van der Waals surface area contributed by atoms with Gasteiger partial charge in [-0.2, -0.15) is 0 Å². The van der Waals surface area contributed by atoms with E-state index in [9.17, 15) is 5.11 Å². The molecule has 0 radical (unpaired) electrons. The lowest BCUT2D eigenvalue weighted by Gasteiger charge is -2.44. The predicted molar refractivity (Wildman–Crippen MR) is 126 cm³/mol. The van der Waals surface area contributed by atoms with Crippen molar-refractivity contribution in [1.29, 1.82) is 0 Å². The normalized spacial score (nSPS) is 37.9. The van der Waals surface area contributed by atoms with Crippen molar-refractivity contribution in [3.8, 4) is 0 Å². The first-order chi connectivity index (χ1) is 13.7. The van der Waals surface area contributed by atoms with Crippen molar-refractivity contribution in [2.24, 2.45) is 35.0 Å². The van der Waals surface area contributed by atoms with Crippen LogP contribution in [-0.2, 0) is 0 Å². The Morgan fingerprint density at radius 1 is 1.07 bits per heavy atom. The van der Waals surface area contributed by atoms with Crippen LogP contribution in [0.2, 0.25) is 0 Å². The third kappa shape index (κ3) is 5.09. The lowest BCUT2D eigenvalue weighted by molar-refractivity contribution is 0.0907. The summed E-state index contributed by atoms with van der Waals surface area (Å²) in [7, 11) is 0. The summed E-state index contributed by atoms with van der Waals surface area (Å²) >= 11 is 0. The summed E-state index contributed by atoms with van der Waals surface area (Å²) in [4.78, 5) is 0. The molecule has 0 aromatic heterocycles. The fourth-order valence-corrected chi connectivity index (χ4v) is 6.67. The van der Waals surface area contributed by atoms with E-state index in [2.05, 4.69) is 53.3 Å². The van der Waals surface area contributed by atoms with Crippen LogP contribution in [0.25, 0.3) is 0 Å². The largest absolute Gasteiger partial charge is 0.393 e. The van der Waals surface area contributed by atoms with Crippen LogP contribution in [0.3, 0.4) is 0 Å². The Balaban J connectivity index is 1.70. The topological polar surface area (TPSA) is 20.2 Å². The molecule has 1 N–H and O–H groups in total. The van der Waals surface area contributed by atoms with Gasteiger partial charge >= 0.3 is 0 Å². The van der Waals surface area contributed by atoms with Crippen LogP contribution in [0.5, 0.6) is 0 Å². The minimum atomic E-state index is -0.174. The van der Waals surface area contributed by atoms with Gasteiger partial charge in [-0.05, 0) is 91.9 Å². The number of aliphatic hydroxyl groups excluding tert-OH is 1. The van der Waals surface area contributed by atoms with Crippen molar-refractivity contribution < 1.29 is 5.11 Å². The van der Waals surface area contributed by atoms with Crippen LogP contribution in [0.1, 0.15) is 98.8 Å². The monoisotopic (exact) mass is 398 g/mol. The molecule has 1 heteroatoms. The van der Waals surface area contributed by atoms with E-state index in [-0.39, 0.29) is 6.10 Å². The fraction of sp³-hybridized carbons (Fsp3) is 0.786. The van der Waals surface area contributed by atoms with Gasteiger partial charge in [-0.15, -0.1) is 0 Å². The van der Waals surface area contributed by atoms with Crippen LogP contribution in [0, 0.1) is 35.0 Å². The molecule has 1 nitrogen and oxygen atoms in total. The molecule has 6 atom stereocenters. The maximum absolute atomic E-state index is 10.0. The molecule has 0 heterocycles. The molecular weight excluding hydrogens is 352 g/mol. The van der Waals surface area contributed by atoms with Crippen LogP contribution < -0.4 is 0 Å². The van der Waals surface area contributed by atoms with Crippen molar-refractivity contribution in [3.05, 3.63) is 35.5 Å². The Labute approximate surface area is 180 Å². The summed E-state index contributed by atoms with van der Waals surface area (Å²) < 4.78 is 0. The maximum Gasteiger partial charge on any atom is 0.0583 e. The first-order valence-electron chi connectivity index (χ1n) is 12.5. The summed E-state index contributed by atoms with van der Waals surface area (Å²) in [6.07, 6.45) is 16.8. The molecule has 0 amide bonds. The Kier molecular flexibility index (Phi) is 7.52. The van der Waals surface area contributed by atoms with Gasteiger partial charge in [0.15, 0.2) is 0 Å². The molecule has 3 saturated carbocycles. The fourth-order valence-electron chi connectivity index (χ4n) is 6.67. The van der Waals surface area contributed by atoms with Gasteiger partial charge in [-0.1, -0.05) is 77.3 Å². The molecule has 0 saturated heterocycles. The van der Waals surface area contributed by atoms with Gasteiger partial charge in [-0.25, -0.2) is 0 Å². The quantitative estimate of drug-likeness (QED) is 0.482. The zero-order valence-corrected chi connectivity index (χ0v) is 19.8. The lowest BCUT2D eigenvalue weighted by atomic mass is 9.60. The molecular formula is C28H46O. The van der Waals surface area contributed by atoms with Crippen LogP contribution >= 0.6 is 0 Å². The molecule has 0 spiro atoms. The molecule has 29 heavy (non-hydrogen) atoms. The number of rotatable bonds is 6. The van der Waals surface area contributed by atoms with Gasteiger partial charge in [0.2, 0.25) is 0 Å². The van der Waals surface area contributed by atoms with E-state index in [1.807, 2.05) is 0 Å². The van der Waals surface area contributed by atoms with Crippen molar-refractivity contribution in [1.82, 2.24) is 0 Å². The summed E-state index contributed by atoms with van der Waals surface area (Å²) in [5.41, 5.74) is 4.70. The Morgan fingerprint density at radius 2 is 1.83 bits per heavy atom. The molecule has 164 valence electrons. The molecule has 0 aromatic carbocycles. The molecule has 0 unspecified atom stereocenters. The van der Waals surface area contributed by atoms with Crippen molar-refractivity contribution in [2.75, 3.05) is 0 Å². The van der Waals surface area contributed by atoms with Crippen LogP contribution in [0.15, 0.2) is 35.5 Å². The maximum atomic E-state index is 10.0. The van der Waals surface area contributed by atoms with Gasteiger partial charge in [-0.3, -0.25) is 0 Å². The van der Waals surface area contributed by atoms with Gasteiger partial charge < -0.3 is 5.11 Å². The van der Waals surface area contributed by atoms with Crippen molar-refractivity contribution >= 4 is 0 Å². The van der Waals surface area contributed by atoms with E-state index in [4.69, 9.17) is 0 Å². The SMILES string of the molecule is C=C1CC[C@@H](O)C/C1=C/C=C1\CCC[C@]2(C)[C@@H]1CC[C@H]2[C@@H](C)CC[C@@H](C)C(C)C. The zero-order chi connectivity index (χ0) is 21.2. The average Bonchev–Trinajstić information content (AvgIpc) is 3.04. The van der Waals surface area contributed by atoms with Gasteiger partial charge in [0.25, 0.3) is 0 Å². The Bertz CT molecular complexity index is 639. The smallest absolute Gasteiger partial charge is 0.0583 e. The van der Waals surface area contributed by atoms with E-state index >= 15 is 0 Å². The second-order valence-electron chi connectivity index (χ2n) is 11.3. The second-order valence-corrected chi connectivity index (χ2v) is 11.3.